The van der Waals surface area contributed by atoms with Crippen molar-refractivity contribution in [2.75, 3.05) is 5.32 Å². The van der Waals surface area contributed by atoms with Gasteiger partial charge in [-0.1, -0.05) is 31.5 Å². The molecular weight excluding hydrogens is 238 g/mol. The van der Waals surface area contributed by atoms with Gasteiger partial charge in [-0.2, -0.15) is 0 Å². The number of hydrogen-bond acceptors (Lipinski definition) is 2. The first-order valence-corrected chi connectivity index (χ1v) is 7.12. The van der Waals surface area contributed by atoms with Gasteiger partial charge in [0.2, 0.25) is 0 Å². The average molecular weight is 261 g/mol. The Morgan fingerprint density at radius 1 is 1.21 bits per heavy atom. The Hall–Kier alpha value is -1.51. The second-order valence-electron chi connectivity index (χ2n) is 5.60. The smallest absolute Gasteiger partial charge is 0.411 e. The number of rotatable bonds is 2. The SMILES string of the molecule is Cc1cccc(C)c1NC(=O)O[C@@H]1CCCC[C@@H]1C. The Labute approximate surface area is 115 Å². The average Bonchev–Trinajstić information content (AvgIpc) is 2.37. The van der Waals surface area contributed by atoms with Crippen molar-refractivity contribution in [3.63, 3.8) is 0 Å². The molecule has 0 spiro atoms. The number of hydrogen-bond donors (Lipinski definition) is 1. The summed E-state index contributed by atoms with van der Waals surface area (Å²) >= 11 is 0. The number of aryl methyl sites for hydroxylation is 2. The van der Waals surface area contributed by atoms with E-state index in [1.54, 1.807) is 0 Å². The van der Waals surface area contributed by atoms with Crippen molar-refractivity contribution in [1.29, 1.82) is 0 Å². The van der Waals surface area contributed by atoms with E-state index in [-0.39, 0.29) is 12.2 Å². The van der Waals surface area contributed by atoms with Crippen LogP contribution in [-0.2, 0) is 4.74 Å². The van der Waals surface area contributed by atoms with E-state index in [1.165, 1.54) is 6.42 Å². The van der Waals surface area contributed by atoms with E-state index in [0.29, 0.717) is 5.92 Å². The Balaban J connectivity index is 1.97. The lowest BCUT2D eigenvalue weighted by Crippen LogP contribution is -2.30. The molecule has 2 rings (SSSR count). The molecule has 0 bridgehead atoms. The Morgan fingerprint density at radius 2 is 1.84 bits per heavy atom. The van der Waals surface area contributed by atoms with E-state index < -0.39 is 0 Å². The molecular formula is C16H23NO2. The van der Waals surface area contributed by atoms with Crippen LogP contribution in [0.5, 0.6) is 0 Å². The number of ether oxygens (including phenoxy) is 1. The maximum absolute atomic E-state index is 12.0. The quantitative estimate of drug-likeness (QED) is 0.855. The van der Waals surface area contributed by atoms with Crippen molar-refractivity contribution < 1.29 is 9.53 Å². The molecule has 104 valence electrons. The first-order valence-electron chi connectivity index (χ1n) is 7.12. The number of carbonyl (C=O) groups excluding carboxylic acids is 1. The number of para-hydroxylation sites is 1. The summed E-state index contributed by atoms with van der Waals surface area (Å²) in [4.78, 5) is 12.0. The van der Waals surface area contributed by atoms with Gasteiger partial charge in [-0.05, 0) is 50.2 Å². The third kappa shape index (κ3) is 3.49. The van der Waals surface area contributed by atoms with Crippen LogP contribution in [0.25, 0.3) is 0 Å². The molecule has 1 aliphatic carbocycles. The lowest BCUT2D eigenvalue weighted by atomic mass is 9.88. The van der Waals surface area contributed by atoms with Crippen molar-refractivity contribution in [3.8, 4) is 0 Å². The van der Waals surface area contributed by atoms with Gasteiger partial charge in [0.1, 0.15) is 6.10 Å². The minimum atomic E-state index is -0.323. The molecule has 1 amide bonds. The van der Waals surface area contributed by atoms with Crippen LogP contribution in [0.15, 0.2) is 18.2 Å². The normalized spacial score (nSPS) is 22.9. The molecule has 1 aromatic carbocycles. The third-order valence-electron chi connectivity index (χ3n) is 4.00. The summed E-state index contributed by atoms with van der Waals surface area (Å²) < 4.78 is 5.57. The summed E-state index contributed by atoms with van der Waals surface area (Å²) in [6.45, 7) is 6.15. The zero-order valence-electron chi connectivity index (χ0n) is 12.0. The molecule has 1 fully saturated rings. The van der Waals surface area contributed by atoms with Gasteiger partial charge >= 0.3 is 6.09 Å². The summed E-state index contributed by atoms with van der Waals surface area (Å²) in [7, 11) is 0. The molecule has 19 heavy (non-hydrogen) atoms. The zero-order valence-corrected chi connectivity index (χ0v) is 12.0. The standard InChI is InChI=1S/C16H23NO2/c1-11-7-4-5-10-14(11)19-16(18)17-15-12(2)8-6-9-13(15)3/h6,8-9,11,14H,4-5,7,10H2,1-3H3,(H,17,18)/t11-,14+/m0/s1. The maximum atomic E-state index is 12.0. The fraction of sp³-hybridized carbons (Fsp3) is 0.562. The lowest BCUT2D eigenvalue weighted by Gasteiger charge is -2.28. The molecule has 3 nitrogen and oxygen atoms in total. The highest BCUT2D eigenvalue weighted by molar-refractivity contribution is 5.86. The maximum Gasteiger partial charge on any atom is 0.411 e. The summed E-state index contributed by atoms with van der Waals surface area (Å²) in [6, 6.07) is 5.97. The van der Waals surface area contributed by atoms with Gasteiger partial charge in [0.05, 0.1) is 0 Å². The first kappa shape index (κ1) is 13.9. The highest BCUT2D eigenvalue weighted by Gasteiger charge is 2.25. The van der Waals surface area contributed by atoms with Crippen LogP contribution >= 0.6 is 0 Å². The van der Waals surface area contributed by atoms with Crippen molar-refractivity contribution in [2.24, 2.45) is 5.92 Å². The Bertz CT molecular complexity index is 436. The molecule has 0 saturated heterocycles. The zero-order chi connectivity index (χ0) is 13.8. The van der Waals surface area contributed by atoms with E-state index >= 15 is 0 Å². The predicted molar refractivity (Wildman–Crippen MR) is 77.4 cm³/mol. The molecule has 1 saturated carbocycles. The molecule has 0 heterocycles. The van der Waals surface area contributed by atoms with Gasteiger partial charge < -0.3 is 4.74 Å². The summed E-state index contributed by atoms with van der Waals surface area (Å²) in [5.74, 6) is 0.470. The molecule has 1 aromatic rings. The molecule has 0 aromatic heterocycles. The Morgan fingerprint density at radius 3 is 2.47 bits per heavy atom. The molecule has 1 aliphatic rings. The summed E-state index contributed by atoms with van der Waals surface area (Å²) in [6.07, 6.45) is 4.29. The van der Waals surface area contributed by atoms with Gasteiger partial charge in [-0.3, -0.25) is 5.32 Å². The van der Waals surface area contributed by atoms with Crippen LogP contribution in [0.2, 0.25) is 0 Å². The van der Waals surface area contributed by atoms with Gasteiger partial charge in [-0.15, -0.1) is 0 Å². The van der Waals surface area contributed by atoms with Crippen LogP contribution in [-0.4, -0.2) is 12.2 Å². The number of amides is 1. The van der Waals surface area contributed by atoms with E-state index in [0.717, 1.165) is 36.1 Å². The van der Waals surface area contributed by atoms with E-state index in [2.05, 4.69) is 12.2 Å². The molecule has 3 heteroatoms. The fourth-order valence-electron chi connectivity index (χ4n) is 2.74. The van der Waals surface area contributed by atoms with Crippen molar-refractivity contribution in [2.45, 2.75) is 52.6 Å². The van der Waals surface area contributed by atoms with Gasteiger partial charge in [0.15, 0.2) is 0 Å². The second-order valence-corrected chi connectivity index (χ2v) is 5.60. The van der Waals surface area contributed by atoms with Crippen LogP contribution in [0.4, 0.5) is 10.5 Å². The van der Waals surface area contributed by atoms with Gasteiger partial charge in [0.25, 0.3) is 0 Å². The number of anilines is 1. The predicted octanol–water partition coefficient (Wildman–Crippen LogP) is 4.43. The highest BCUT2D eigenvalue weighted by Crippen LogP contribution is 2.27. The van der Waals surface area contributed by atoms with Crippen LogP contribution in [0, 0.1) is 19.8 Å². The lowest BCUT2D eigenvalue weighted by molar-refractivity contribution is 0.0524. The van der Waals surface area contributed by atoms with Gasteiger partial charge in [0, 0.05) is 5.69 Å². The molecule has 2 atom stereocenters. The van der Waals surface area contributed by atoms with E-state index in [1.807, 2.05) is 32.0 Å². The highest BCUT2D eigenvalue weighted by atomic mass is 16.6. The van der Waals surface area contributed by atoms with E-state index in [9.17, 15) is 4.79 Å². The van der Waals surface area contributed by atoms with Crippen LogP contribution in [0.1, 0.15) is 43.7 Å². The van der Waals surface area contributed by atoms with Crippen LogP contribution < -0.4 is 5.32 Å². The molecule has 0 radical (unpaired) electrons. The molecule has 0 aliphatic heterocycles. The van der Waals surface area contributed by atoms with Crippen LogP contribution in [0.3, 0.4) is 0 Å². The van der Waals surface area contributed by atoms with Crippen molar-refractivity contribution in [1.82, 2.24) is 0 Å². The van der Waals surface area contributed by atoms with Crippen molar-refractivity contribution >= 4 is 11.8 Å². The third-order valence-corrected chi connectivity index (χ3v) is 4.00. The van der Waals surface area contributed by atoms with E-state index in [4.69, 9.17) is 4.74 Å². The molecule has 0 unspecified atom stereocenters. The second kappa shape index (κ2) is 6.09. The van der Waals surface area contributed by atoms with Crippen molar-refractivity contribution in [3.05, 3.63) is 29.3 Å². The minimum absolute atomic E-state index is 0.0677. The number of benzene rings is 1. The summed E-state index contributed by atoms with van der Waals surface area (Å²) in [5, 5.41) is 2.89. The minimum Gasteiger partial charge on any atom is -0.446 e. The first-order chi connectivity index (χ1) is 9.08. The monoisotopic (exact) mass is 261 g/mol. The largest absolute Gasteiger partial charge is 0.446 e. The molecule has 1 N–H and O–H groups in total. The topological polar surface area (TPSA) is 38.3 Å². The number of nitrogens with one attached hydrogen (secondary N) is 1. The van der Waals surface area contributed by atoms with Gasteiger partial charge in [-0.25, -0.2) is 4.79 Å². The number of carbonyl (C=O) groups is 1. The summed E-state index contributed by atoms with van der Waals surface area (Å²) in [5.41, 5.74) is 3.00. The fourth-order valence-corrected chi connectivity index (χ4v) is 2.74. The Kier molecular flexibility index (Phi) is 4.46.